The van der Waals surface area contributed by atoms with Crippen LogP contribution in [0.15, 0.2) is 48.5 Å². The molecule has 2 aromatic carbocycles. The lowest BCUT2D eigenvalue weighted by Gasteiger charge is -2.36. The number of carbonyl (C=O) groups is 2. The largest absolute Gasteiger partial charge is 0.480 e. The van der Waals surface area contributed by atoms with E-state index in [1.807, 2.05) is 24.3 Å². The second-order valence-electron chi connectivity index (χ2n) is 8.27. The SMILES string of the molecule is CCN(C(=O)OCC1c2ccccc2-c2ccccc21)C(C)(CC1CC1)C(=O)O. The van der Waals surface area contributed by atoms with Crippen molar-refractivity contribution in [3.8, 4) is 11.1 Å². The molecule has 29 heavy (non-hydrogen) atoms. The van der Waals surface area contributed by atoms with Crippen molar-refractivity contribution in [3.05, 3.63) is 59.7 Å². The number of benzene rings is 2. The first-order valence-electron chi connectivity index (χ1n) is 10.3. The summed E-state index contributed by atoms with van der Waals surface area (Å²) in [5, 5.41) is 9.85. The Morgan fingerprint density at radius 3 is 2.10 bits per heavy atom. The molecule has 0 saturated heterocycles. The molecule has 0 spiro atoms. The van der Waals surface area contributed by atoms with Gasteiger partial charge in [-0.2, -0.15) is 0 Å². The number of carboxylic acids is 1. The van der Waals surface area contributed by atoms with Crippen LogP contribution in [0.4, 0.5) is 4.79 Å². The second kappa shape index (κ2) is 7.54. The zero-order valence-electron chi connectivity index (χ0n) is 16.9. The average Bonchev–Trinajstić information content (AvgIpc) is 3.47. The van der Waals surface area contributed by atoms with Crippen molar-refractivity contribution in [2.45, 2.75) is 44.6 Å². The molecule has 0 radical (unpaired) electrons. The zero-order valence-corrected chi connectivity index (χ0v) is 16.9. The highest BCUT2D eigenvalue weighted by Crippen LogP contribution is 2.45. The van der Waals surface area contributed by atoms with Crippen LogP contribution >= 0.6 is 0 Å². The molecule has 1 fully saturated rings. The molecule has 2 aromatic rings. The second-order valence-corrected chi connectivity index (χ2v) is 8.27. The number of nitrogens with zero attached hydrogens (tertiary/aromatic N) is 1. The van der Waals surface area contributed by atoms with Crippen molar-refractivity contribution in [2.75, 3.05) is 13.2 Å². The van der Waals surface area contributed by atoms with Crippen molar-refractivity contribution in [1.29, 1.82) is 0 Å². The molecule has 5 nitrogen and oxygen atoms in total. The van der Waals surface area contributed by atoms with Crippen LogP contribution in [0.5, 0.6) is 0 Å². The minimum Gasteiger partial charge on any atom is -0.480 e. The Hall–Kier alpha value is -2.82. The van der Waals surface area contributed by atoms with Gasteiger partial charge < -0.3 is 9.84 Å². The molecule has 152 valence electrons. The van der Waals surface area contributed by atoms with E-state index in [9.17, 15) is 14.7 Å². The highest BCUT2D eigenvalue weighted by Gasteiger charge is 2.46. The summed E-state index contributed by atoms with van der Waals surface area (Å²) in [5.74, 6) is -0.629. The van der Waals surface area contributed by atoms with Crippen LogP contribution in [0.3, 0.4) is 0 Å². The molecule has 0 heterocycles. The molecule has 1 N–H and O–H groups in total. The summed E-state index contributed by atoms with van der Waals surface area (Å²) in [5.41, 5.74) is 3.38. The topological polar surface area (TPSA) is 66.8 Å². The summed E-state index contributed by atoms with van der Waals surface area (Å²) >= 11 is 0. The molecular weight excluding hydrogens is 366 g/mol. The molecule has 5 heteroatoms. The summed E-state index contributed by atoms with van der Waals surface area (Å²) in [6.45, 7) is 3.93. The van der Waals surface area contributed by atoms with Crippen LogP contribution < -0.4 is 0 Å². The van der Waals surface area contributed by atoms with Gasteiger partial charge in [0.15, 0.2) is 0 Å². The van der Waals surface area contributed by atoms with Gasteiger partial charge in [-0.3, -0.25) is 4.90 Å². The van der Waals surface area contributed by atoms with E-state index < -0.39 is 17.6 Å². The molecule has 1 unspecified atom stereocenters. The number of hydrogen-bond donors (Lipinski definition) is 1. The summed E-state index contributed by atoms with van der Waals surface area (Å²) in [4.78, 5) is 26.4. The standard InChI is InChI=1S/C24H27NO4/c1-3-25(24(2,22(26)27)14-16-12-13-16)23(28)29-15-21-19-10-6-4-8-17(19)18-9-5-7-11-20(18)21/h4-11,16,21H,3,12-15H2,1-2H3,(H,26,27). The molecule has 4 rings (SSSR count). The van der Waals surface area contributed by atoms with Gasteiger partial charge in [0.05, 0.1) is 0 Å². The zero-order chi connectivity index (χ0) is 20.6. The Labute approximate surface area is 171 Å². The van der Waals surface area contributed by atoms with E-state index in [0.29, 0.717) is 18.9 Å². The first kappa shape index (κ1) is 19.5. The number of carbonyl (C=O) groups excluding carboxylic acids is 1. The Morgan fingerprint density at radius 2 is 1.62 bits per heavy atom. The highest BCUT2D eigenvalue weighted by molar-refractivity contribution is 5.84. The normalized spacial score (nSPS) is 17.2. The molecule has 1 amide bonds. The monoisotopic (exact) mass is 393 g/mol. The van der Waals surface area contributed by atoms with Gasteiger partial charge >= 0.3 is 12.1 Å². The first-order chi connectivity index (χ1) is 14.0. The predicted molar refractivity (Wildman–Crippen MR) is 111 cm³/mol. The molecule has 0 bridgehead atoms. The molecule has 2 aliphatic carbocycles. The third kappa shape index (κ3) is 3.50. The Balaban J connectivity index is 1.53. The quantitative estimate of drug-likeness (QED) is 0.726. The minimum atomic E-state index is -1.24. The molecular formula is C24H27NO4. The van der Waals surface area contributed by atoms with E-state index in [-0.39, 0.29) is 12.5 Å². The Bertz CT molecular complexity index is 890. The van der Waals surface area contributed by atoms with Gasteiger partial charge in [-0.25, -0.2) is 9.59 Å². The molecule has 1 saturated carbocycles. The lowest BCUT2D eigenvalue weighted by Crippen LogP contribution is -2.55. The molecule has 1 atom stereocenters. The van der Waals surface area contributed by atoms with Gasteiger partial charge in [0.1, 0.15) is 12.1 Å². The fourth-order valence-corrected chi connectivity index (χ4v) is 4.55. The fourth-order valence-electron chi connectivity index (χ4n) is 4.55. The molecule has 2 aliphatic rings. The summed E-state index contributed by atoms with van der Waals surface area (Å²) in [7, 11) is 0. The minimum absolute atomic E-state index is 0.0374. The number of ether oxygens (including phenoxy) is 1. The summed E-state index contributed by atoms with van der Waals surface area (Å²) in [6.07, 6.45) is 1.98. The van der Waals surface area contributed by atoms with Crippen LogP contribution in [0.25, 0.3) is 11.1 Å². The van der Waals surface area contributed by atoms with E-state index in [1.54, 1.807) is 13.8 Å². The van der Waals surface area contributed by atoms with Gasteiger partial charge in [0.2, 0.25) is 0 Å². The fraction of sp³-hybridized carbons (Fsp3) is 0.417. The number of carboxylic acid groups (broad SMARTS) is 1. The molecule has 0 aromatic heterocycles. The van der Waals surface area contributed by atoms with Gasteiger partial charge in [-0.1, -0.05) is 61.4 Å². The maximum atomic E-state index is 12.9. The van der Waals surface area contributed by atoms with Crippen molar-refractivity contribution in [1.82, 2.24) is 4.90 Å². The van der Waals surface area contributed by atoms with E-state index in [2.05, 4.69) is 24.3 Å². The highest BCUT2D eigenvalue weighted by atomic mass is 16.6. The smallest absolute Gasteiger partial charge is 0.410 e. The number of fused-ring (bicyclic) bond motifs is 3. The number of likely N-dealkylation sites (N-methyl/N-ethyl adjacent to an activating group) is 1. The van der Waals surface area contributed by atoms with Crippen LogP contribution in [0.1, 0.15) is 50.2 Å². The lowest BCUT2D eigenvalue weighted by molar-refractivity contribution is -0.150. The number of rotatable bonds is 7. The molecule has 0 aliphatic heterocycles. The van der Waals surface area contributed by atoms with Crippen LogP contribution in [0, 0.1) is 5.92 Å². The number of aliphatic carboxylic acids is 1. The van der Waals surface area contributed by atoms with Crippen molar-refractivity contribution in [2.24, 2.45) is 5.92 Å². The average molecular weight is 393 g/mol. The number of amides is 1. The maximum absolute atomic E-state index is 12.9. The maximum Gasteiger partial charge on any atom is 0.410 e. The third-order valence-corrected chi connectivity index (χ3v) is 6.31. The van der Waals surface area contributed by atoms with E-state index in [1.165, 1.54) is 16.0 Å². The summed E-state index contributed by atoms with van der Waals surface area (Å²) < 4.78 is 5.71. The Kier molecular flexibility index (Phi) is 5.07. The van der Waals surface area contributed by atoms with E-state index in [4.69, 9.17) is 4.74 Å². The van der Waals surface area contributed by atoms with Crippen molar-refractivity contribution < 1.29 is 19.4 Å². The van der Waals surface area contributed by atoms with Crippen LogP contribution in [0.2, 0.25) is 0 Å². The Morgan fingerprint density at radius 1 is 1.07 bits per heavy atom. The van der Waals surface area contributed by atoms with Gasteiger partial charge in [0, 0.05) is 12.5 Å². The van der Waals surface area contributed by atoms with Crippen LogP contribution in [-0.4, -0.2) is 40.8 Å². The predicted octanol–water partition coefficient (Wildman–Crippen LogP) is 4.90. The van der Waals surface area contributed by atoms with Crippen molar-refractivity contribution >= 4 is 12.1 Å². The number of hydrogen-bond acceptors (Lipinski definition) is 3. The van der Waals surface area contributed by atoms with Gasteiger partial charge in [-0.05, 0) is 48.4 Å². The van der Waals surface area contributed by atoms with E-state index in [0.717, 1.165) is 24.0 Å². The van der Waals surface area contributed by atoms with E-state index >= 15 is 0 Å². The summed E-state index contributed by atoms with van der Waals surface area (Å²) in [6, 6.07) is 16.3. The first-order valence-corrected chi connectivity index (χ1v) is 10.3. The lowest BCUT2D eigenvalue weighted by atomic mass is 9.93. The third-order valence-electron chi connectivity index (χ3n) is 6.31. The van der Waals surface area contributed by atoms with Gasteiger partial charge in [0.25, 0.3) is 0 Å². The van der Waals surface area contributed by atoms with Gasteiger partial charge in [-0.15, -0.1) is 0 Å². The van der Waals surface area contributed by atoms with Crippen molar-refractivity contribution in [3.63, 3.8) is 0 Å². The van der Waals surface area contributed by atoms with Crippen LogP contribution in [-0.2, 0) is 9.53 Å².